The predicted molar refractivity (Wildman–Crippen MR) is 133 cm³/mol. The summed E-state index contributed by atoms with van der Waals surface area (Å²) in [6.45, 7) is 0. The third-order valence-electron chi connectivity index (χ3n) is 5.71. The van der Waals surface area contributed by atoms with Crippen LogP contribution >= 0.6 is 0 Å². The Morgan fingerprint density at radius 2 is 1.67 bits per heavy atom. The number of hydrogen-bond acceptors (Lipinski definition) is 4. The van der Waals surface area contributed by atoms with Crippen LogP contribution in [0.3, 0.4) is 0 Å². The number of nitrogens with zero attached hydrogens (tertiary/aromatic N) is 2. The highest BCUT2D eigenvalue weighted by molar-refractivity contribution is 5.94. The first kappa shape index (κ1) is 20.6. The molecule has 3 aromatic carbocycles. The summed E-state index contributed by atoms with van der Waals surface area (Å²) in [4.78, 5) is 22.6. The fraction of sp³-hybridized carbons (Fsp3) is 0.107. The smallest absolute Gasteiger partial charge is 0.230 e. The van der Waals surface area contributed by atoms with E-state index in [1.54, 1.807) is 0 Å². The van der Waals surface area contributed by atoms with Gasteiger partial charge in [-0.1, -0.05) is 72.8 Å². The average molecular weight is 433 g/mol. The summed E-state index contributed by atoms with van der Waals surface area (Å²) in [6, 6.07) is 25.6. The molecular formula is C28H24N4O. The number of anilines is 2. The predicted octanol–water partition coefficient (Wildman–Crippen LogP) is 5.18. The lowest BCUT2D eigenvalue weighted by Gasteiger charge is -2.20. The molecule has 1 aromatic heterocycles. The summed E-state index contributed by atoms with van der Waals surface area (Å²) in [5, 5.41) is 2.99. The minimum absolute atomic E-state index is 0.117. The molecular weight excluding hydrogens is 408 g/mol. The van der Waals surface area contributed by atoms with Gasteiger partial charge in [0, 0.05) is 11.3 Å². The van der Waals surface area contributed by atoms with E-state index in [4.69, 9.17) is 15.7 Å². The Morgan fingerprint density at radius 3 is 2.45 bits per heavy atom. The van der Waals surface area contributed by atoms with Crippen molar-refractivity contribution >= 4 is 29.6 Å². The van der Waals surface area contributed by atoms with E-state index in [1.807, 2.05) is 91.0 Å². The maximum absolute atomic E-state index is 12.8. The number of fused-ring (bicyclic) bond motifs is 3. The molecule has 5 heteroatoms. The molecule has 3 N–H and O–H groups in total. The molecule has 5 nitrogen and oxygen atoms in total. The number of carbonyl (C=O) groups is 1. The van der Waals surface area contributed by atoms with Crippen LogP contribution in [0.5, 0.6) is 0 Å². The summed E-state index contributed by atoms with van der Waals surface area (Å²) >= 11 is 0. The van der Waals surface area contributed by atoms with Crippen molar-refractivity contribution in [3.8, 4) is 11.3 Å². The fourth-order valence-electron chi connectivity index (χ4n) is 4.08. The molecule has 5 rings (SSSR count). The summed E-state index contributed by atoms with van der Waals surface area (Å²) in [5.41, 5.74) is 13.3. The summed E-state index contributed by atoms with van der Waals surface area (Å²) in [6.07, 6.45) is 5.77. The van der Waals surface area contributed by atoms with E-state index in [1.165, 1.54) is 5.56 Å². The van der Waals surface area contributed by atoms with E-state index in [2.05, 4.69) is 5.32 Å². The molecule has 1 heterocycles. The number of aromatic nitrogens is 2. The van der Waals surface area contributed by atoms with Gasteiger partial charge in [0.1, 0.15) is 5.69 Å². The van der Waals surface area contributed by atoms with Gasteiger partial charge in [0.05, 0.1) is 17.8 Å². The third kappa shape index (κ3) is 4.67. The second kappa shape index (κ2) is 9.09. The molecule has 162 valence electrons. The van der Waals surface area contributed by atoms with Gasteiger partial charge in [-0.3, -0.25) is 4.79 Å². The Bertz CT molecular complexity index is 1330. The van der Waals surface area contributed by atoms with Gasteiger partial charge in [0.2, 0.25) is 5.91 Å². The van der Waals surface area contributed by atoms with Gasteiger partial charge in [0.15, 0.2) is 5.82 Å². The Balaban J connectivity index is 1.52. The molecule has 1 aliphatic carbocycles. The number of carbonyl (C=O) groups excluding carboxylic acids is 1. The Kier molecular flexibility index (Phi) is 5.68. The molecule has 0 fully saturated rings. The molecule has 4 aromatic rings. The van der Waals surface area contributed by atoms with Gasteiger partial charge in [0.25, 0.3) is 0 Å². The van der Waals surface area contributed by atoms with E-state index in [0.29, 0.717) is 11.5 Å². The van der Waals surface area contributed by atoms with Gasteiger partial charge < -0.3 is 11.1 Å². The van der Waals surface area contributed by atoms with Crippen molar-refractivity contribution in [1.82, 2.24) is 9.97 Å². The van der Waals surface area contributed by atoms with Gasteiger partial charge in [-0.25, -0.2) is 9.97 Å². The number of aryl methyl sites for hydroxylation is 2. The van der Waals surface area contributed by atoms with Crippen LogP contribution in [0.1, 0.15) is 28.1 Å². The maximum Gasteiger partial charge on any atom is 0.230 e. The molecule has 0 saturated carbocycles. The van der Waals surface area contributed by atoms with Crippen LogP contribution in [0.4, 0.5) is 11.5 Å². The highest BCUT2D eigenvalue weighted by Crippen LogP contribution is 2.34. The maximum atomic E-state index is 12.8. The van der Waals surface area contributed by atoms with Crippen molar-refractivity contribution in [3.05, 3.63) is 107 Å². The van der Waals surface area contributed by atoms with Crippen molar-refractivity contribution in [2.75, 3.05) is 11.1 Å². The van der Waals surface area contributed by atoms with E-state index in [9.17, 15) is 4.79 Å². The highest BCUT2D eigenvalue weighted by Gasteiger charge is 2.22. The molecule has 1 amide bonds. The second-order valence-electron chi connectivity index (χ2n) is 8.12. The number of nitrogens with two attached hydrogens (primary N) is 1. The monoisotopic (exact) mass is 432 g/mol. The highest BCUT2D eigenvalue weighted by atomic mass is 16.1. The van der Waals surface area contributed by atoms with Crippen molar-refractivity contribution in [3.63, 3.8) is 0 Å². The first-order valence-corrected chi connectivity index (χ1v) is 11.0. The van der Waals surface area contributed by atoms with Crippen LogP contribution in [-0.4, -0.2) is 15.9 Å². The summed E-state index contributed by atoms with van der Waals surface area (Å²) in [5.74, 6) is 0.370. The minimum Gasteiger partial charge on any atom is -0.399 e. The van der Waals surface area contributed by atoms with Crippen LogP contribution in [0.2, 0.25) is 0 Å². The lowest BCUT2D eigenvalue weighted by Crippen LogP contribution is -2.19. The molecule has 0 spiro atoms. The fourth-order valence-corrected chi connectivity index (χ4v) is 4.08. The first-order valence-electron chi connectivity index (χ1n) is 11.0. The summed E-state index contributed by atoms with van der Waals surface area (Å²) in [7, 11) is 0. The standard InChI is InChI=1S/C28H24N4O/c29-22-13-14-23-21(18-22)12-16-24-27(23)30-25(15-11-19-7-3-1-4-8-19)28(31-24)32-26(33)17-20-9-5-2-6-10-20/h1-11,13-15,18H,12,16-17,29H2,(H,31,32,33)/b15-11+. The second-order valence-corrected chi connectivity index (χ2v) is 8.12. The number of hydrogen-bond donors (Lipinski definition) is 2. The van der Waals surface area contributed by atoms with Gasteiger partial charge in [-0.2, -0.15) is 0 Å². The normalized spacial score (nSPS) is 12.2. The number of amides is 1. The zero-order chi connectivity index (χ0) is 22.6. The molecule has 33 heavy (non-hydrogen) atoms. The molecule has 1 aliphatic rings. The van der Waals surface area contributed by atoms with Crippen LogP contribution in [0.15, 0.2) is 78.9 Å². The van der Waals surface area contributed by atoms with Crippen molar-refractivity contribution in [2.45, 2.75) is 19.3 Å². The number of rotatable bonds is 5. The first-order chi connectivity index (χ1) is 16.2. The Labute approximate surface area is 193 Å². The Hall–Kier alpha value is -4.25. The topological polar surface area (TPSA) is 80.9 Å². The van der Waals surface area contributed by atoms with Crippen LogP contribution in [-0.2, 0) is 24.1 Å². The zero-order valence-electron chi connectivity index (χ0n) is 18.2. The average Bonchev–Trinajstić information content (AvgIpc) is 2.83. The van der Waals surface area contributed by atoms with E-state index < -0.39 is 0 Å². The van der Waals surface area contributed by atoms with E-state index in [-0.39, 0.29) is 12.3 Å². The lowest BCUT2D eigenvalue weighted by molar-refractivity contribution is -0.115. The van der Waals surface area contributed by atoms with Crippen LogP contribution in [0, 0.1) is 0 Å². The SMILES string of the molecule is Nc1ccc2c(c1)CCc1nc(NC(=O)Cc3ccccc3)c(/C=C/c3ccccc3)nc1-2. The van der Waals surface area contributed by atoms with Crippen LogP contribution < -0.4 is 11.1 Å². The molecule has 0 atom stereocenters. The van der Waals surface area contributed by atoms with Crippen LogP contribution in [0.25, 0.3) is 23.4 Å². The van der Waals surface area contributed by atoms with Crippen molar-refractivity contribution < 1.29 is 4.79 Å². The number of nitrogen functional groups attached to an aromatic ring is 1. The minimum atomic E-state index is -0.117. The van der Waals surface area contributed by atoms with Crippen molar-refractivity contribution in [2.24, 2.45) is 0 Å². The summed E-state index contributed by atoms with van der Waals surface area (Å²) < 4.78 is 0. The van der Waals surface area contributed by atoms with Gasteiger partial charge in [-0.15, -0.1) is 0 Å². The number of nitrogens with one attached hydrogen (secondary N) is 1. The molecule has 0 bridgehead atoms. The molecule has 0 aliphatic heterocycles. The third-order valence-corrected chi connectivity index (χ3v) is 5.71. The quantitative estimate of drug-likeness (QED) is 0.426. The lowest BCUT2D eigenvalue weighted by atomic mass is 9.91. The molecule has 0 unspecified atom stereocenters. The zero-order valence-corrected chi connectivity index (χ0v) is 18.2. The van der Waals surface area contributed by atoms with E-state index >= 15 is 0 Å². The molecule has 0 saturated heterocycles. The van der Waals surface area contributed by atoms with Crippen molar-refractivity contribution in [1.29, 1.82) is 0 Å². The van der Waals surface area contributed by atoms with Gasteiger partial charge in [-0.05, 0) is 47.7 Å². The largest absolute Gasteiger partial charge is 0.399 e. The Morgan fingerprint density at radius 1 is 0.909 bits per heavy atom. The number of benzene rings is 3. The van der Waals surface area contributed by atoms with E-state index in [0.717, 1.165) is 46.6 Å². The molecule has 0 radical (unpaired) electrons. The van der Waals surface area contributed by atoms with Gasteiger partial charge >= 0.3 is 0 Å².